The van der Waals surface area contributed by atoms with Crippen molar-refractivity contribution < 1.29 is 9.90 Å². The van der Waals surface area contributed by atoms with Crippen LogP contribution in [-0.4, -0.2) is 69.4 Å². The summed E-state index contributed by atoms with van der Waals surface area (Å²) < 4.78 is 1.80. The number of nitrogens with zero attached hydrogens (tertiary/aromatic N) is 4. The van der Waals surface area contributed by atoms with Gasteiger partial charge < -0.3 is 10.0 Å². The number of hydrogen-bond acceptors (Lipinski definition) is 4. The Hall–Kier alpha value is -1.40. The van der Waals surface area contributed by atoms with Crippen molar-refractivity contribution in [2.24, 2.45) is 5.92 Å². The highest BCUT2D eigenvalue weighted by atomic mass is 16.3. The van der Waals surface area contributed by atoms with Crippen LogP contribution in [0.15, 0.2) is 18.5 Å². The van der Waals surface area contributed by atoms with E-state index in [9.17, 15) is 9.90 Å². The molecule has 0 bridgehead atoms. The molecule has 1 saturated heterocycles. The van der Waals surface area contributed by atoms with Gasteiger partial charge in [0.2, 0.25) is 5.91 Å². The SMILES string of the molecule is C[C@H](Cn1cccn1)C(=O)N1CCN(C[C@@H](C)O)CC1. The fraction of sp³-hybridized carbons (Fsp3) is 0.714. The summed E-state index contributed by atoms with van der Waals surface area (Å²) in [6.07, 6.45) is 3.30. The van der Waals surface area contributed by atoms with Crippen molar-refractivity contribution in [1.82, 2.24) is 19.6 Å². The summed E-state index contributed by atoms with van der Waals surface area (Å²) in [6.45, 7) is 8.22. The van der Waals surface area contributed by atoms with E-state index < -0.39 is 0 Å². The zero-order valence-corrected chi connectivity index (χ0v) is 12.3. The lowest BCUT2D eigenvalue weighted by Crippen LogP contribution is -2.51. The van der Waals surface area contributed by atoms with Gasteiger partial charge in [-0.2, -0.15) is 5.10 Å². The molecule has 6 heteroatoms. The third-order valence-electron chi connectivity index (χ3n) is 3.65. The van der Waals surface area contributed by atoms with Crippen LogP contribution in [-0.2, 0) is 11.3 Å². The van der Waals surface area contributed by atoms with Gasteiger partial charge in [0, 0.05) is 45.1 Å². The molecular formula is C14H24N4O2. The topological polar surface area (TPSA) is 61.6 Å². The van der Waals surface area contributed by atoms with Crippen molar-refractivity contribution in [2.75, 3.05) is 32.7 Å². The van der Waals surface area contributed by atoms with Gasteiger partial charge in [-0.25, -0.2) is 0 Å². The molecule has 0 spiro atoms. The molecule has 20 heavy (non-hydrogen) atoms. The predicted molar refractivity (Wildman–Crippen MR) is 76.1 cm³/mol. The molecule has 0 saturated carbocycles. The summed E-state index contributed by atoms with van der Waals surface area (Å²) in [5.41, 5.74) is 0. The Bertz CT molecular complexity index is 411. The third kappa shape index (κ3) is 4.05. The van der Waals surface area contributed by atoms with Gasteiger partial charge in [0.15, 0.2) is 0 Å². The zero-order valence-electron chi connectivity index (χ0n) is 12.3. The maximum absolute atomic E-state index is 12.4. The van der Waals surface area contributed by atoms with Crippen LogP contribution >= 0.6 is 0 Å². The zero-order chi connectivity index (χ0) is 14.5. The predicted octanol–water partition coefficient (Wildman–Crippen LogP) is 0.0442. The fourth-order valence-corrected chi connectivity index (χ4v) is 2.60. The lowest BCUT2D eigenvalue weighted by atomic mass is 10.1. The molecule has 112 valence electrons. The molecule has 0 aromatic carbocycles. The van der Waals surface area contributed by atoms with Crippen molar-refractivity contribution in [1.29, 1.82) is 0 Å². The minimum absolute atomic E-state index is 0.0572. The van der Waals surface area contributed by atoms with Crippen LogP contribution in [0.1, 0.15) is 13.8 Å². The van der Waals surface area contributed by atoms with Crippen LogP contribution in [0.3, 0.4) is 0 Å². The van der Waals surface area contributed by atoms with Gasteiger partial charge in [-0.05, 0) is 13.0 Å². The molecule has 1 fully saturated rings. The minimum atomic E-state index is -0.309. The number of rotatable bonds is 5. The first-order chi connectivity index (χ1) is 9.56. The van der Waals surface area contributed by atoms with Crippen LogP contribution in [0.2, 0.25) is 0 Å². The van der Waals surface area contributed by atoms with Crippen LogP contribution in [0, 0.1) is 5.92 Å². The van der Waals surface area contributed by atoms with Gasteiger partial charge >= 0.3 is 0 Å². The van der Waals surface area contributed by atoms with E-state index in [1.807, 2.05) is 24.1 Å². The van der Waals surface area contributed by atoms with Gasteiger partial charge in [0.1, 0.15) is 0 Å². The van der Waals surface area contributed by atoms with Gasteiger partial charge in [-0.1, -0.05) is 6.92 Å². The van der Waals surface area contributed by atoms with Gasteiger partial charge in [-0.15, -0.1) is 0 Å². The third-order valence-corrected chi connectivity index (χ3v) is 3.65. The highest BCUT2D eigenvalue weighted by molar-refractivity contribution is 5.78. The summed E-state index contributed by atoms with van der Waals surface area (Å²) in [5, 5.41) is 13.5. The molecule has 1 N–H and O–H groups in total. The normalized spacial score (nSPS) is 19.9. The molecular weight excluding hydrogens is 256 g/mol. The van der Waals surface area contributed by atoms with E-state index in [1.54, 1.807) is 17.8 Å². The van der Waals surface area contributed by atoms with Crippen LogP contribution in [0.4, 0.5) is 0 Å². The Morgan fingerprint density at radius 2 is 1.95 bits per heavy atom. The molecule has 1 aliphatic rings. The second-order valence-corrected chi connectivity index (χ2v) is 5.60. The molecule has 0 unspecified atom stereocenters. The molecule has 0 radical (unpaired) electrons. The molecule has 1 aromatic heterocycles. The number of carbonyl (C=O) groups excluding carboxylic acids is 1. The number of piperazine rings is 1. The Morgan fingerprint density at radius 3 is 2.50 bits per heavy atom. The Morgan fingerprint density at radius 1 is 1.25 bits per heavy atom. The van der Waals surface area contributed by atoms with E-state index >= 15 is 0 Å². The van der Waals surface area contributed by atoms with E-state index in [0.29, 0.717) is 13.1 Å². The molecule has 0 aliphatic carbocycles. The summed E-state index contributed by atoms with van der Waals surface area (Å²) >= 11 is 0. The standard InChI is InChI=1S/C14H24N4O2/c1-12(10-18-5-3-4-15-18)14(20)17-8-6-16(7-9-17)11-13(2)19/h3-5,12-13,19H,6-11H2,1-2H3/t12-,13-/m1/s1. The molecule has 2 heterocycles. The average molecular weight is 280 g/mol. The maximum atomic E-state index is 12.4. The lowest BCUT2D eigenvalue weighted by molar-refractivity contribution is -0.137. The van der Waals surface area contributed by atoms with Crippen molar-refractivity contribution in [3.8, 4) is 0 Å². The smallest absolute Gasteiger partial charge is 0.227 e. The minimum Gasteiger partial charge on any atom is -0.392 e. The second kappa shape index (κ2) is 6.85. The first-order valence-electron chi connectivity index (χ1n) is 7.23. The lowest BCUT2D eigenvalue weighted by Gasteiger charge is -2.36. The van der Waals surface area contributed by atoms with E-state index in [1.165, 1.54) is 0 Å². The average Bonchev–Trinajstić information content (AvgIpc) is 2.91. The number of amides is 1. The monoisotopic (exact) mass is 280 g/mol. The molecule has 2 rings (SSSR count). The molecule has 1 aromatic rings. The number of hydrogen-bond donors (Lipinski definition) is 1. The first kappa shape index (κ1) is 15.0. The molecule has 6 nitrogen and oxygen atoms in total. The molecule has 2 atom stereocenters. The number of aliphatic hydroxyl groups is 1. The van der Waals surface area contributed by atoms with Gasteiger partial charge in [-0.3, -0.25) is 14.4 Å². The van der Waals surface area contributed by atoms with Gasteiger partial charge in [0.25, 0.3) is 0 Å². The summed E-state index contributed by atoms with van der Waals surface area (Å²) in [7, 11) is 0. The largest absolute Gasteiger partial charge is 0.392 e. The summed E-state index contributed by atoms with van der Waals surface area (Å²) in [6, 6.07) is 1.87. The van der Waals surface area contributed by atoms with Crippen molar-refractivity contribution in [3.05, 3.63) is 18.5 Å². The van der Waals surface area contributed by atoms with E-state index in [0.717, 1.165) is 26.2 Å². The highest BCUT2D eigenvalue weighted by Crippen LogP contribution is 2.09. The summed E-state index contributed by atoms with van der Waals surface area (Å²) in [4.78, 5) is 16.5. The summed E-state index contributed by atoms with van der Waals surface area (Å²) in [5.74, 6) is 0.135. The quantitative estimate of drug-likeness (QED) is 0.827. The van der Waals surface area contributed by atoms with E-state index in [2.05, 4.69) is 10.00 Å². The number of carbonyl (C=O) groups is 1. The van der Waals surface area contributed by atoms with Crippen molar-refractivity contribution >= 4 is 5.91 Å². The fourth-order valence-electron chi connectivity index (χ4n) is 2.60. The Labute approximate surface area is 120 Å². The highest BCUT2D eigenvalue weighted by Gasteiger charge is 2.25. The number of aromatic nitrogens is 2. The number of β-amino-alcohol motifs (C(OH)–C–C–N with tert-alkyl or cyclic N) is 1. The molecule has 1 amide bonds. The molecule has 1 aliphatic heterocycles. The van der Waals surface area contributed by atoms with Gasteiger partial charge in [0.05, 0.1) is 18.6 Å². The van der Waals surface area contributed by atoms with Crippen LogP contribution in [0.5, 0.6) is 0 Å². The maximum Gasteiger partial charge on any atom is 0.227 e. The Kier molecular flexibility index (Phi) is 5.14. The Balaban J connectivity index is 1.79. The van der Waals surface area contributed by atoms with Crippen LogP contribution in [0.25, 0.3) is 0 Å². The second-order valence-electron chi connectivity index (χ2n) is 5.60. The van der Waals surface area contributed by atoms with E-state index in [4.69, 9.17) is 0 Å². The van der Waals surface area contributed by atoms with Crippen LogP contribution < -0.4 is 0 Å². The number of aliphatic hydroxyl groups excluding tert-OH is 1. The first-order valence-corrected chi connectivity index (χ1v) is 7.23. The van der Waals surface area contributed by atoms with Crippen molar-refractivity contribution in [3.63, 3.8) is 0 Å². The van der Waals surface area contributed by atoms with Crippen molar-refractivity contribution in [2.45, 2.75) is 26.5 Å². The van der Waals surface area contributed by atoms with E-state index in [-0.39, 0.29) is 17.9 Å².